The summed E-state index contributed by atoms with van der Waals surface area (Å²) >= 11 is 0. The van der Waals surface area contributed by atoms with Crippen molar-refractivity contribution in [2.45, 2.75) is 18.8 Å². The van der Waals surface area contributed by atoms with Crippen LogP contribution in [0.3, 0.4) is 0 Å². The number of alkyl halides is 6. The molecular formula is C6H5F6NO. The van der Waals surface area contributed by atoms with Gasteiger partial charge in [-0.1, -0.05) is 0 Å². The lowest BCUT2D eigenvalue weighted by molar-refractivity contribution is -0.332. The van der Waals surface area contributed by atoms with Gasteiger partial charge in [0.25, 0.3) is 0 Å². The maximum absolute atomic E-state index is 12.2. The van der Waals surface area contributed by atoms with Gasteiger partial charge in [0.2, 0.25) is 5.91 Å². The zero-order valence-electron chi connectivity index (χ0n) is 6.59. The molecule has 1 fully saturated rings. The van der Waals surface area contributed by atoms with Crippen LogP contribution in [0.1, 0.15) is 6.42 Å². The van der Waals surface area contributed by atoms with E-state index < -0.39 is 36.6 Å². The SMILES string of the molecule is O=C1CC(C(F)(F)F)(C(F)(F)F)CN1. The first-order valence-corrected chi connectivity index (χ1v) is 3.50. The van der Waals surface area contributed by atoms with Crippen LogP contribution in [0.15, 0.2) is 0 Å². The molecule has 1 amide bonds. The molecule has 1 saturated heterocycles. The van der Waals surface area contributed by atoms with Crippen molar-refractivity contribution in [3.63, 3.8) is 0 Å². The minimum absolute atomic E-state index is 1.24. The Morgan fingerprint density at radius 3 is 1.64 bits per heavy atom. The average molecular weight is 221 g/mol. The second-order valence-corrected chi connectivity index (χ2v) is 3.03. The smallest absolute Gasteiger partial charge is 0.355 e. The van der Waals surface area contributed by atoms with Gasteiger partial charge < -0.3 is 5.32 Å². The monoisotopic (exact) mass is 221 g/mol. The van der Waals surface area contributed by atoms with Crippen molar-refractivity contribution in [1.82, 2.24) is 5.32 Å². The summed E-state index contributed by atoms with van der Waals surface area (Å²) in [5, 5.41) is 1.54. The van der Waals surface area contributed by atoms with Gasteiger partial charge in [-0.3, -0.25) is 4.79 Å². The molecule has 0 saturated carbocycles. The van der Waals surface area contributed by atoms with Gasteiger partial charge in [-0.15, -0.1) is 0 Å². The van der Waals surface area contributed by atoms with Crippen molar-refractivity contribution in [2.75, 3.05) is 6.54 Å². The summed E-state index contributed by atoms with van der Waals surface area (Å²) in [6.07, 6.45) is -12.5. The zero-order valence-corrected chi connectivity index (χ0v) is 6.59. The molecule has 0 aliphatic carbocycles. The molecule has 8 heteroatoms. The Hall–Kier alpha value is -0.950. The average Bonchev–Trinajstić information content (AvgIpc) is 2.28. The molecule has 0 aromatic rings. The summed E-state index contributed by atoms with van der Waals surface area (Å²) in [4.78, 5) is 10.4. The Kier molecular flexibility index (Phi) is 2.20. The van der Waals surface area contributed by atoms with E-state index in [0.717, 1.165) is 0 Å². The van der Waals surface area contributed by atoms with E-state index in [0.29, 0.717) is 0 Å². The van der Waals surface area contributed by atoms with E-state index in [1.54, 1.807) is 5.32 Å². The molecule has 1 aliphatic heterocycles. The molecule has 0 atom stereocenters. The molecule has 0 spiro atoms. The highest BCUT2D eigenvalue weighted by atomic mass is 19.4. The lowest BCUT2D eigenvalue weighted by Gasteiger charge is -2.31. The molecule has 2 nitrogen and oxygen atoms in total. The molecule has 0 unspecified atom stereocenters. The van der Waals surface area contributed by atoms with Gasteiger partial charge in [0.1, 0.15) is 0 Å². The van der Waals surface area contributed by atoms with E-state index >= 15 is 0 Å². The van der Waals surface area contributed by atoms with Crippen molar-refractivity contribution in [3.8, 4) is 0 Å². The normalized spacial score (nSPS) is 22.3. The van der Waals surface area contributed by atoms with Crippen LogP contribution in [0.2, 0.25) is 0 Å². The highest BCUT2D eigenvalue weighted by Crippen LogP contribution is 2.53. The first-order valence-electron chi connectivity index (χ1n) is 3.50. The molecule has 0 aromatic carbocycles. The summed E-state index contributed by atoms with van der Waals surface area (Å²) in [5.74, 6) is -1.24. The predicted molar refractivity (Wildman–Crippen MR) is 32.2 cm³/mol. The summed E-state index contributed by atoms with van der Waals surface area (Å²) in [6.45, 7) is -1.43. The maximum Gasteiger partial charge on any atom is 0.405 e. The quantitative estimate of drug-likeness (QED) is 0.618. The van der Waals surface area contributed by atoms with Gasteiger partial charge >= 0.3 is 12.4 Å². The van der Waals surface area contributed by atoms with Crippen molar-refractivity contribution in [2.24, 2.45) is 5.41 Å². The number of carbonyl (C=O) groups is 1. The van der Waals surface area contributed by atoms with Gasteiger partial charge in [0.15, 0.2) is 5.41 Å². The van der Waals surface area contributed by atoms with E-state index in [1.165, 1.54) is 0 Å². The third kappa shape index (κ3) is 1.42. The summed E-state index contributed by atoms with van der Waals surface area (Å²) in [5.41, 5.74) is -3.92. The predicted octanol–water partition coefficient (Wildman–Crippen LogP) is 1.62. The van der Waals surface area contributed by atoms with E-state index in [9.17, 15) is 31.1 Å². The highest BCUT2D eigenvalue weighted by molar-refractivity contribution is 5.79. The van der Waals surface area contributed by atoms with E-state index in [1.807, 2.05) is 0 Å². The van der Waals surface area contributed by atoms with Crippen molar-refractivity contribution < 1.29 is 31.1 Å². The van der Waals surface area contributed by atoms with Gasteiger partial charge in [0.05, 0.1) is 6.42 Å². The number of halogens is 6. The highest BCUT2D eigenvalue weighted by Gasteiger charge is 2.73. The standard InChI is InChI=1S/C6H5F6NO/c7-5(8,9)4(6(10,11)12)1-3(14)13-2-4/h1-2H2,(H,13,14). The fraction of sp³-hybridized carbons (Fsp3) is 0.833. The van der Waals surface area contributed by atoms with Crippen LogP contribution in [-0.4, -0.2) is 24.8 Å². The van der Waals surface area contributed by atoms with Gasteiger partial charge in [-0.25, -0.2) is 0 Å². The Balaban J connectivity index is 3.12. The Morgan fingerprint density at radius 2 is 1.50 bits per heavy atom. The van der Waals surface area contributed by atoms with Crippen molar-refractivity contribution >= 4 is 5.91 Å². The van der Waals surface area contributed by atoms with Gasteiger partial charge in [-0.05, 0) is 0 Å². The first kappa shape index (κ1) is 11.1. The number of nitrogens with one attached hydrogen (secondary N) is 1. The lowest BCUT2D eigenvalue weighted by Crippen LogP contribution is -2.51. The second kappa shape index (κ2) is 2.77. The Bertz CT molecular complexity index is 240. The third-order valence-electron chi connectivity index (χ3n) is 2.13. The fourth-order valence-corrected chi connectivity index (χ4v) is 1.21. The summed E-state index contributed by atoms with van der Waals surface area (Å²) in [6, 6.07) is 0. The molecule has 1 N–H and O–H groups in total. The molecule has 0 bridgehead atoms. The van der Waals surface area contributed by atoms with Crippen LogP contribution in [-0.2, 0) is 4.79 Å². The van der Waals surface area contributed by atoms with E-state index in [2.05, 4.69) is 0 Å². The molecule has 14 heavy (non-hydrogen) atoms. The lowest BCUT2D eigenvalue weighted by atomic mass is 9.85. The molecular weight excluding hydrogens is 216 g/mol. The fourth-order valence-electron chi connectivity index (χ4n) is 1.21. The van der Waals surface area contributed by atoms with Crippen molar-refractivity contribution in [3.05, 3.63) is 0 Å². The van der Waals surface area contributed by atoms with E-state index in [-0.39, 0.29) is 0 Å². The van der Waals surface area contributed by atoms with Crippen LogP contribution in [0.5, 0.6) is 0 Å². The Morgan fingerprint density at radius 1 is 1.07 bits per heavy atom. The van der Waals surface area contributed by atoms with Crippen LogP contribution >= 0.6 is 0 Å². The number of carbonyl (C=O) groups excluding carboxylic acids is 1. The number of rotatable bonds is 0. The Labute approximate surface area is 74.3 Å². The number of amides is 1. The molecule has 0 aromatic heterocycles. The molecule has 1 aliphatic rings. The van der Waals surface area contributed by atoms with Crippen LogP contribution in [0.25, 0.3) is 0 Å². The minimum atomic E-state index is -5.47. The number of hydrogen-bond acceptors (Lipinski definition) is 1. The minimum Gasteiger partial charge on any atom is -0.355 e. The largest absolute Gasteiger partial charge is 0.405 e. The summed E-state index contributed by atoms with van der Waals surface area (Å²) < 4.78 is 73.0. The molecule has 82 valence electrons. The molecule has 0 radical (unpaired) electrons. The second-order valence-electron chi connectivity index (χ2n) is 3.03. The van der Waals surface area contributed by atoms with Gasteiger partial charge in [-0.2, -0.15) is 26.3 Å². The topological polar surface area (TPSA) is 29.1 Å². The van der Waals surface area contributed by atoms with E-state index in [4.69, 9.17) is 0 Å². The molecule has 1 heterocycles. The first-order chi connectivity index (χ1) is 6.10. The van der Waals surface area contributed by atoms with Gasteiger partial charge in [0, 0.05) is 6.54 Å². The zero-order chi connectivity index (χ0) is 11.2. The van der Waals surface area contributed by atoms with Crippen LogP contribution in [0, 0.1) is 5.41 Å². The van der Waals surface area contributed by atoms with Crippen molar-refractivity contribution in [1.29, 1.82) is 0 Å². The summed E-state index contributed by atoms with van der Waals surface area (Å²) in [7, 11) is 0. The number of hydrogen-bond donors (Lipinski definition) is 1. The van der Waals surface area contributed by atoms with Crippen LogP contribution < -0.4 is 5.32 Å². The van der Waals surface area contributed by atoms with Crippen LogP contribution in [0.4, 0.5) is 26.3 Å². The molecule has 1 rings (SSSR count). The third-order valence-corrected chi connectivity index (χ3v) is 2.13. The maximum atomic E-state index is 12.2.